The van der Waals surface area contributed by atoms with Crippen molar-refractivity contribution in [1.29, 1.82) is 0 Å². The molecule has 1 aliphatic carbocycles. The summed E-state index contributed by atoms with van der Waals surface area (Å²) in [6, 6.07) is 5.12. The Kier molecular flexibility index (Phi) is 4.80. The molecule has 1 aromatic carbocycles. The fourth-order valence-electron chi connectivity index (χ4n) is 2.35. The van der Waals surface area contributed by atoms with E-state index in [1.165, 1.54) is 6.42 Å². The van der Waals surface area contributed by atoms with Gasteiger partial charge in [-0.3, -0.25) is 4.79 Å². The molecule has 2 atom stereocenters. The Bertz CT molecular complexity index is 465. The van der Waals surface area contributed by atoms with Crippen LogP contribution in [0.5, 0.6) is 0 Å². The Morgan fingerprint density at radius 1 is 1.37 bits per heavy atom. The molecule has 0 bridgehead atoms. The molecular weight excluding hydrogens is 264 g/mol. The summed E-state index contributed by atoms with van der Waals surface area (Å²) in [5.41, 5.74) is 12.5. The van der Waals surface area contributed by atoms with Gasteiger partial charge in [-0.1, -0.05) is 30.5 Å². The van der Waals surface area contributed by atoms with Gasteiger partial charge in [0.25, 0.3) is 0 Å². The highest BCUT2D eigenvalue weighted by atomic mass is 35.5. The van der Waals surface area contributed by atoms with Crippen molar-refractivity contribution in [2.45, 2.75) is 44.4 Å². The molecule has 0 spiro atoms. The molecule has 1 saturated carbocycles. The fourth-order valence-corrected chi connectivity index (χ4v) is 2.58. The van der Waals surface area contributed by atoms with E-state index in [1.807, 2.05) is 0 Å². The smallest absolute Gasteiger partial charge is 0.248 e. The van der Waals surface area contributed by atoms with Crippen LogP contribution in [0.1, 0.15) is 41.6 Å². The van der Waals surface area contributed by atoms with Crippen molar-refractivity contribution in [2.24, 2.45) is 11.5 Å². The fraction of sp³-hybridized carbons (Fsp3) is 0.500. The van der Waals surface area contributed by atoms with Crippen LogP contribution in [0.4, 0.5) is 0 Å². The molecule has 2 unspecified atom stereocenters. The van der Waals surface area contributed by atoms with E-state index < -0.39 is 5.91 Å². The standard InChI is InChI=1S/C14H19ClN2O2/c15-11-7-9(14(17)18)5-6-10(11)8-19-13-4-2-1-3-12(13)16/h5-7,12-13H,1-4,8,16H2,(H2,17,18). The van der Waals surface area contributed by atoms with Crippen LogP contribution < -0.4 is 11.5 Å². The quantitative estimate of drug-likeness (QED) is 0.889. The highest BCUT2D eigenvalue weighted by molar-refractivity contribution is 6.31. The predicted octanol–water partition coefficient (Wildman–Crippen LogP) is 2.23. The number of carbonyl (C=O) groups is 1. The van der Waals surface area contributed by atoms with E-state index in [9.17, 15) is 4.79 Å². The Balaban J connectivity index is 1.97. The minimum Gasteiger partial charge on any atom is -0.372 e. The molecule has 1 aromatic rings. The molecule has 0 heterocycles. The highest BCUT2D eigenvalue weighted by Crippen LogP contribution is 2.23. The second kappa shape index (κ2) is 6.37. The van der Waals surface area contributed by atoms with E-state index in [4.69, 9.17) is 27.8 Å². The first-order valence-electron chi connectivity index (χ1n) is 6.53. The zero-order chi connectivity index (χ0) is 13.8. The van der Waals surface area contributed by atoms with Gasteiger partial charge >= 0.3 is 0 Å². The van der Waals surface area contributed by atoms with E-state index >= 15 is 0 Å². The third-order valence-corrected chi connectivity index (χ3v) is 3.90. The lowest BCUT2D eigenvalue weighted by molar-refractivity contribution is 0.00407. The van der Waals surface area contributed by atoms with Gasteiger partial charge < -0.3 is 16.2 Å². The molecular formula is C14H19ClN2O2. The summed E-state index contributed by atoms with van der Waals surface area (Å²) in [4.78, 5) is 11.0. The zero-order valence-corrected chi connectivity index (χ0v) is 11.5. The van der Waals surface area contributed by atoms with Crippen LogP contribution in [-0.2, 0) is 11.3 Å². The molecule has 4 nitrogen and oxygen atoms in total. The van der Waals surface area contributed by atoms with Crippen molar-refractivity contribution in [1.82, 2.24) is 0 Å². The van der Waals surface area contributed by atoms with Crippen molar-refractivity contribution in [2.75, 3.05) is 0 Å². The van der Waals surface area contributed by atoms with Gasteiger partial charge in [0.15, 0.2) is 0 Å². The average molecular weight is 283 g/mol. The zero-order valence-electron chi connectivity index (χ0n) is 10.8. The molecule has 4 N–H and O–H groups in total. The lowest BCUT2D eigenvalue weighted by Crippen LogP contribution is -2.39. The lowest BCUT2D eigenvalue weighted by atomic mass is 9.93. The van der Waals surface area contributed by atoms with Crippen LogP contribution in [0.3, 0.4) is 0 Å². The summed E-state index contributed by atoms with van der Waals surface area (Å²) < 4.78 is 5.84. The SMILES string of the molecule is NC(=O)c1ccc(COC2CCCCC2N)c(Cl)c1. The maximum Gasteiger partial charge on any atom is 0.248 e. The third kappa shape index (κ3) is 3.69. The molecule has 5 heteroatoms. The lowest BCUT2D eigenvalue weighted by Gasteiger charge is -2.28. The van der Waals surface area contributed by atoms with Crippen molar-refractivity contribution in [3.8, 4) is 0 Å². The van der Waals surface area contributed by atoms with Gasteiger partial charge in [-0.15, -0.1) is 0 Å². The summed E-state index contributed by atoms with van der Waals surface area (Å²) in [6.07, 6.45) is 4.44. The van der Waals surface area contributed by atoms with Gasteiger partial charge in [0.05, 0.1) is 12.7 Å². The molecule has 1 aliphatic rings. The molecule has 104 valence electrons. The van der Waals surface area contributed by atoms with Gasteiger partial charge in [-0.2, -0.15) is 0 Å². The molecule has 19 heavy (non-hydrogen) atoms. The number of rotatable bonds is 4. The maximum absolute atomic E-state index is 11.0. The van der Waals surface area contributed by atoms with Gasteiger partial charge in [0.1, 0.15) is 0 Å². The first kappa shape index (κ1) is 14.3. The van der Waals surface area contributed by atoms with Crippen LogP contribution in [0, 0.1) is 0 Å². The summed E-state index contributed by atoms with van der Waals surface area (Å²) in [6.45, 7) is 0.413. The van der Waals surface area contributed by atoms with E-state index in [-0.39, 0.29) is 12.1 Å². The van der Waals surface area contributed by atoms with Crippen LogP contribution in [-0.4, -0.2) is 18.1 Å². The number of hydrogen-bond donors (Lipinski definition) is 2. The van der Waals surface area contributed by atoms with Crippen molar-refractivity contribution >= 4 is 17.5 Å². The third-order valence-electron chi connectivity index (χ3n) is 3.54. The largest absolute Gasteiger partial charge is 0.372 e. The summed E-state index contributed by atoms with van der Waals surface area (Å²) >= 11 is 6.11. The highest BCUT2D eigenvalue weighted by Gasteiger charge is 2.22. The molecule has 0 aliphatic heterocycles. The van der Waals surface area contributed by atoms with Gasteiger partial charge in [0, 0.05) is 16.6 Å². The van der Waals surface area contributed by atoms with Crippen molar-refractivity contribution in [3.63, 3.8) is 0 Å². The number of halogens is 1. The second-order valence-corrected chi connectivity index (χ2v) is 5.38. The van der Waals surface area contributed by atoms with Crippen molar-refractivity contribution in [3.05, 3.63) is 34.3 Å². The molecule has 0 aromatic heterocycles. The van der Waals surface area contributed by atoms with Gasteiger partial charge in [0.2, 0.25) is 5.91 Å². The number of benzene rings is 1. The molecule has 1 fully saturated rings. The summed E-state index contributed by atoms with van der Waals surface area (Å²) in [5.74, 6) is -0.483. The Hall–Kier alpha value is -1.10. The number of nitrogens with two attached hydrogens (primary N) is 2. The monoisotopic (exact) mass is 282 g/mol. The topological polar surface area (TPSA) is 78.3 Å². The number of ether oxygens (including phenoxy) is 1. The molecule has 0 radical (unpaired) electrons. The molecule has 0 saturated heterocycles. The molecule has 1 amide bonds. The number of amides is 1. The van der Waals surface area contributed by atoms with E-state index in [0.717, 1.165) is 24.8 Å². The molecule has 2 rings (SSSR count). The number of primary amides is 1. The normalized spacial score (nSPS) is 23.3. The second-order valence-electron chi connectivity index (χ2n) is 4.97. The van der Waals surface area contributed by atoms with E-state index in [2.05, 4.69) is 0 Å². The minimum absolute atomic E-state index is 0.0978. The maximum atomic E-state index is 11.0. The predicted molar refractivity (Wildman–Crippen MR) is 75.0 cm³/mol. The summed E-state index contributed by atoms with van der Waals surface area (Å²) in [7, 11) is 0. The Labute approximate surface area is 118 Å². The van der Waals surface area contributed by atoms with Gasteiger partial charge in [-0.25, -0.2) is 0 Å². The number of carbonyl (C=O) groups excluding carboxylic acids is 1. The summed E-state index contributed by atoms with van der Waals surface area (Å²) in [5, 5.41) is 0.501. The first-order valence-corrected chi connectivity index (χ1v) is 6.91. The van der Waals surface area contributed by atoms with Crippen LogP contribution in [0.25, 0.3) is 0 Å². The Morgan fingerprint density at radius 3 is 2.74 bits per heavy atom. The van der Waals surface area contributed by atoms with Crippen LogP contribution in [0.2, 0.25) is 5.02 Å². The van der Waals surface area contributed by atoms with Crippen LogP contribution in [0.15, 0.2) is 18.2 Å². The number of hydrogen-bond acceptors (Lipinski definition) is 3. The van der Waals surface area contributed by atoms with E-state index in [1.54, 1.807) is 18.2 Å². The Morgan fingerprint density at radius 2 is 2.11 bits per heavy atom. The van der Waals surface area contributed by atoms with Crippen molar-refractivity contribution < 1.29 is 9.53 Å². The van der Waals surface area contributed by atoms with E-state index in [0.29, 0.717) is 17.2 Å². The van der Waals surface area contributed by atoms with Gasteiger partial charge in [-0.05, 0) is 30.5 Å². The minimum atomic E-state index is -0.483. The first-order chi connectivity index (χ1) is 9.08. The average Bonchev–Trinajstić information content (AvgIpc) is 2.39. The van der Waals surface area contributed by atoms with Crippen LogP contribution >= 0.6 is 11.6 Å².